The van der Waals surface area contributed by atoms with Crippen molar-refractivity contribution in [3.05, 3.63) is 196 Å². The van der Waals surface area contributed by atoms with Gasteiger partial charge in [0.2, 0.25) is 0 Å². The molecule has 2 aliphatic rings. The van der Waals surface area contributed by atoms with Crippen molar-refractivity contribution in [2.24, 2.45) is 0 Å². The minimum absolute atomic E-state index is 0. The van der Waals surface area contributed by atoms with Gasteiger partial charge in [-0.3, -0.25) is 9.55 Å². The van der Waals surface area contributed by atoms with Crippen LogP contribution in [0.2, 0.25) is 0 Å². The Bertz CT molecular complexity index is 4550. The number of aromatic nitrogens is 4. The first-order valence-corrected chi connectivity index (χ1v) is 33.7. The van der Waals surface area contributed by atoms with Gasteiger partial charge in [0.25, 0.3) is 0 Å². The average Bonchev–Trinajstić information content (AvgIpc) is 1.41. The number of hydrogen-bond acceptors (Lipinski definition) is 3. The van der Waals surface area contributed by atoms with Crippen LogP contribution in [0.1, 0.15) is 235 Å². The van der Waals surface area contributed by atoms with E-state index in [9.17, 15) is 5.11 Å². The molecule has 8 aromatic carbocycles. The molecule has 0 unspecified atom stereocenters. The Kier molecular flexibility index (Phi) is 16.2. The van der Waals surface area contributed by atoms with Crippen LogP contribution in [0.4, 0.5) is 0 Å². The number of nitrogens with zero attached hydrogens (tertiary/aromatic N) is 4. The summed E-state index contributed by atoms with van der Waals surface area (Å²) in [6, 6.07) is 57.2. The molecular formula is C86H101N4OPt-. The summed E-state index contributed by atoms with van der Waals surface area (Å²) >= 11 is 0. The minimum Gasteiger partial charge on any atom is -0.507 e. The van der Waals surface area contributed by atoms with Crippen LogP contribution in [0.15, 0.2) is 140 Å². The van der Waals surface area contributed by atoms with Gasteiger partial charge in [-0.2, -0.15) is 0 Å². The first-order chi connectivity index (χ1) is 42.1. The number of phenols is 1. The van der Waals surface area contributed by atoms with Crippen molar-refractivity contribution in [2.45, 2.75) is 234 Å². The fraction of sp³-hybridized carbons (Fsp3) is 0.419. The molecule has 92 heavy (non-hydrogen) atoms. The van der Waals surface area contributed by atoms with Crippen molar-refractivity contribution in [3.63, 3.8) is 0 Å². The number of imidazole rings is 2. The Labute approximate surface area is 566 Å². The van der Waals surface area contributed by atoms with E-state index in [0.717, 1.165) is 98.3 Å². The van der Waals surface area contributed by atoms with Crippen molar-refractivity contribution in [1.82, 2.24) is 19.1 Å². The number of phenolic OH excluding ortho intramolecular Hbond substituents is 1. The van der Waals surface area contributed by atoms with Crippen LogP contribution in [-0.2, 0) is 69.8 Å². The van der Waals surface area contributed by atoms with Gasteiger partial charge in [0.05, 0.1) is 39.1 Å². The van der Waals surface area contributed by atoms with Crippen molar-refractivity contribution in [1.29, 1.82) is 0 Å². The van der Waals surface area contributed by atoms with Crippen LogP contribution in [-0.4, -0.2) is 24.2 Å². The maximum atomic E-state index is 13.1. The van der Waals surface area contributed by atoms with Crippen LogP contribution < -0.4 is 0 Å². The third kappa shape index (κ3) is 11.8. The van der Waals surface area contributed by atoms with Gasteiger partial charge in [-0.15, -0.1) is 29.3 Å². The molecule has 0 bridgehead atoms. The number of para-hydroxylation sites is 3. The second kappa shape index (κ2) is 22.4. The summed E-state index contributed by atoms with van der Waals surface area (Å²) < 4.78 is 4.77. The van der Waals surface area contributed by atoms with E-state index in [2.05, 4.69) is 314 Å². The van der Waals surface area contributed by atoms with E-state index in [4.69, 9.17) is 9.97 Å². The zero-order chi connectivity index (χ0) is 65.9. The summed E-state index contributed by atoms with van der Waals surface area (Å²) in [4.78, 5) is 11.6. The molecule has 1 N–H and O–H groups in total. The predicted molar refractivity (Wildman–Crippen MR) is 387 cm³/mol. The average molecular weight is 1400 g/mol. The minimum atomic E-state index is -0.370. The van der Waals surface area contributed by atoms with Crippen LogP contribution in [0, 0.1) is 6.07 Å². The SMILES string of the molecule is CC(C)(C)c1cc(-c2cccc3c2nc(-c2cc(C(C)(C)C)cc(C(C)(C)C)c2O)n3-c2ccc(C(C)(C)C)cc2-c2ccc3c(c2)C(C)(C)CCC3(C)C)[c-]c(-c2nc3ccccc3n2-c2ccc(C(C)(C)C)cc2-c2ccc3c(c2)C(C)(C)CCC3(C)C)c1.[Pt]. The molecule has 0 spiro atoms. The van der Waals surface area contributed by atoms with E-state index in [1.54, 1.807) is 0 Å². The first-order valence-electron chi connectivity index (χ1n) is 33.7. The largest absolute Gasteiger partial charge is 0.507 e. The van der Waals surface area contributed by atoms with Gasteiger partial charge in [0.1, 0.15) is 11.6 Å². The third-order valence-electron chi connectivity index (χ3n) is 21.1. The van der Waals surface area contributed by atoms with Gasteiger partial charge in [0.15, 0.2) is 0 Å². The molecule has 5 nitrogen and oxygen atoms in total. The summed E-state index contributed by atoms with van der Waals surface area (Å²) in [6.45, 7) is 53.5. The molecule has 0 saturated carbocycles. The molecule has 2 aliphatic carbocycles. The molecule has 0 fully saturated rings. The number of rotatable bonds is 7. The van der Waals surface area contributed by atoms with E-state index in [1.807, 2.05) is 0 Å². The molecular weight excluding hydrogens is 1300 g/mol. The fourth-order valence-electron chi connectivity index (χ4n) is 14.6. The molecule has 6 heteroatoms. The third-order valence-corrected chi connectivity index (χ3v) is 21.1. The molecule has 482 valence electrons. The zero-order valence-corrected chi connectivity index (χ0v) is 61.9. The van der Waals surface area contributed by atoms with E-state index in [0.29, 0.717) is 11.4 Å². The Morgan fingerprint density at radius 3 is 1.30 bits per heavy atom. The maximum absolute atomic E-state index is 13.1. The van der Waals surface area contributed by atoms with Crippen LogP contribution in [0.5, 0.6) is 5.75 Å². The van der Waals surface area contributed by atoms with Gasteiger partial charge in [-0.05, 0) is 173 Å². The second-order valence-corrected chi connectivity index (χ2v) is 35.1. The van der Waals surface area contributed by atoms with E-state index >= 15 is 0 Å². The summed E-state index contributed by atoms with van der Waals surface area (Å²) in [6.07, 6.45) is 4.57. The summed E-state index contributed by atoms with van der Waals surface area (Å²) in [5.74, 6) is 1.77. The molecule has 2 aromatic heterocycles. The summed E-state index contributed by atoms with van der Waals surface area (Å²) in [7, 11) is 0. The molecule has 0 saturated heterocycles. The van der Waals surface area contributed by atoms with Crippen LogP contribution >= 0.6 is 0 Å². The van der Waals surface area contributed by atoms with Crippen molar-refractivity contribution in [3.8, 4) is 73.3 Å². The van der Waals surface area contributed by atoms with Crippen molar-refractivity contribution in [2.75, 3.05) is 0 Å². The first kappa shape index (κ1) is 66.6. The van der Waals surface area contributed by atoms with E-state index in [1.165, 1.54) is 55.6 Å². The number of benzene rings is 8. The van der Waals surface area contributed by atoms with Gasteiger partial charge in [-0.1, -0.05) is 249 Å². The predicted octanol–water partition coefficient (Wildman–Crippen LogP) is 23.4. The normalized spacial score (nSPS) is 16.3. The number of aromatic hydroxyl groups is 1. The fourth-order valence-corrected chi connectivity index (χ4v) is 14.6. The maximum Gasteiger partial charge on any atom is 0.148 e. The van der Waals surface area contributed by atoms with Gasteiger partial charge in [0, 0.05) is 43.4 Å². The smallest absolute Gasteiger partial charge is 0.148 e. The molecule has 0 atom stereocenters. The number of hydrogen-bond donors (Lipinski definition) is 1. The van der Waals surface area contributed by atoms with Crippen LogP contribution in [0.3, 0.4) is 0 Å². The molecule has 12 rings (SSSR count). The Morgan fingerprint density at radius 2 is 0.815 bits per heavy atom. The monoisotopic (exact) mass is 1400 g/mol. The zero-order valence-electron chi connectivity index (χ0n) is 59.7. The van der Waals surface area contributed by atoms with Crippen molar-refractivity contribution < 1.29 is 26.2 Å². The van der Waals surface area contributed by atoms with Crippen molar-refractivity contribution >= 4 is 22.1 Å². The molecule has 10 aromatic rings. The number of fused-ring (bicyclic) bond motifs is 4. The van der Waals surface area contributed by atoms with E-state index in [-0.39, 0.29) is 75.5 Å². The molecule has 2 heterocycles. The second-order valence-electron chi connectivity index (χ2n) is 35.1. The summed E-state index contributed by atoms with van der Waals surface area (Å²) in [5, 5.41) is 13.1. The molecule has 0 amide bonds. The topological polar surface area (TPSA) is 55.9 Å². The van der Waals surface area contributed by atoms with Gasteiger partial charge < -0.3 is 9.67 Å². The van der Waals surface area contributed by atoms with E-state index < -0.39 is 0 Å². The Morgan fingerprint density at radius 1 is 0.380 bits per heavy atom. The Balaban J connectivity index is 0.00000867. The molecule has 0 radical (unpaired) electrons. The van der Waals surface area contributed by atoms with Crippen LogP contribution in [0.25, 0.3) is 89.6 Å². The summed E-state index contributed by atoms with van der Waals surface area (Å²) in [5.41, 5.74) is 24.6. The Hall–Kier alpha value is -6.81. The standard InChI is InChI=1S/C86H101N4O.Pt/c1-78(2,3)56-33-37-70(61(48-56)52-31-35-64-66(46-52)85(20,21)41-39-83(64,16)17)89-72-29-25-24-28-69(72)87-76(89)55-43-54(44-58(45-55)80(7,8)9)60-27-26-30-73-74(60)88-77(63-50-59(81(10,11)12)51-68(75(63)91)82(13,14)15)90(73)71-38-34-57(79(4,5)6)49-62(71)53-32-36-65-67(47-53)86(22,23)42-40-84(65,18)19;/h24-38,44-51,91H,39-42H2,1-23H3;/q-1;. The molecule has 0 aliphatic heterocycles. The van der Waals surface area contributed by atoms with Gasteiger partial charge >= 0.3 is 0 Å². The van der Waals surface area contributed by atoms with Gasteiger partial charge in [-0.25, -0.2) is 4.98 Å². The quantitative estimate of drug-likeness (QED) is 0.162.